The van der Waals surface area contributed by atoms with Crippen molar-refractivity contribution in [1.29, 1.82) is 0 Å². The number of halogens is 2. The number of nitrogens with zero attached hydrogens (tertiary/aromatic N) is 1. The third kappa shape index (κ3) is 6.30. The molecule has 0 spiro atoms. The van der Waals surface area contributed by atoms with Gasteiger partial charge in [-0.3, -0.25) is 4.90 Å². The summed E-state index contributed by atoms with van der Waals surface area (Å²) in [5.74, 6) is -2.91. The molecule has 1 fully saturated rings. The molecule has 1 heterocycles. The Kier molecular flexibility index (Phi) is 8.97. The summed E-state index contributed by atoms with van der Waals surface area (Å²) in [4.78, 5) is 26.8. The molecule has 0 aromatic heterocycles. The molecular formula is C27H34BF2NO6. The number of ether oxygens (including phenoxy) is 2. The van der Waals surface area contributed by atoms with Gasteiger partial charge in [0.05, 0.1) is 17.8 Å². The summed E-state index contributed by atoms with van der Waals surface area (Å²) in [5, 5.41) is 0. The standard InChI is InChI=1S/C27H34BF2NO6/c1-7-12-22(24(32)34-8-2)31(25(33)35-17-18-13-10-9-11-14-18)23-20(29)15-19(16-21(23)30)28-36-26(3,4)27(5,6)37-28/h9-11,13-16,22H,7-8,12,17H2,1-6H3. The second kappa shape index (κ2) is 11.6. The predicted octanol–water partition coefficient (Wildman–Crippen LogP) is 5.14. The molecule has 0 bridgehead atoms. The number of esters is 1. The minimum Gasteiger partial charge on any atom is -0.464 e. The normalized spacial score (nSPS) is 16.8. The number of amides is 1. The maximum absolute atomic E-state index is 15.6. The molecule has 2 aromatic rings. The van der Waals surface area contributed by atoms with E-state index in [1.807, 2.05) is 33.8 Å². The van der Waals surface area contributed by atoms with E-state index in [4.69, 9.17) is 18.8 Å². The van der Waals surface area contributed by atoms with Crippen molar-refractivity contribution in [3.05, 3.63) is 59.7 Å². The largest absolute Gasteiger partial charge is 0.495 e. The first kappa shape index (κ1) is 28.6. The van der Waals surface area contributed by atoms with Gasteiger partial charge >= 0.3 is 19.2 Å². The summed E-state index contributed by atoms with van der Waals surface area (Å²) < 4.78 is 53.6. The number of hydrogen-bond donors (Lipinski definition) is 0. The number of hydrogen-bond acceptors (Lipinski definition) is 6. The minimum atomic E-state index is -1.29. The molecule has 200 valence electrons. The summed E-state index contributed by atoms with van der Waals surface area (Å²) in [6, 6.07) is 9.64. The van der Waals surface area contributed by atoms with E-state index in [9.17, 15) is 9.59 Å². The van der Waals surface area contributed by atoms with Crippen molar-refractivity contribution in [3.8, 4) is 0 Å². The van der Waals surface area contributed by atoms with Crippen molar-refractivity contribution in [1.82, 2.24) is 0 Å². The Labute approximate surface area is 217 Å². The smallest absolute Gasteiger partial charge is 0.464 e. The van der Waals surface area contributed by atoms with Crippen LogP contribution in [0.2, 0.25) is 0 Å². The topological polar surface area (TPSA) is 74.3 Å². The Morgan fingerprint density at radius 1 is 0.973 bits per heavy atom. The molecule has 0 radical (unpaired) electrons. The van der Waals surface area contributed by atoms with Crippen LogP contribution < -0.4 is 10.4 Å². The van der Waals surface area contributed by atoms with Crippen LogP contribution in [-0.2, 0) is 30.2 Å². The van der Waals surface area contributed by atoms with Crippen LogP contribution in [0.4, 0.5) is 19.3 Å². The summed E-state index contributed by atoms with van der Waals surface area (Å²) in [7, 11) is -1.02. The molecule has 1 aliphatic rings. The van der Waals surface area contributed by atoms with Crippen LogP contribution in [-0.4, -0.2) is 43.0 Å². The summed E-state index contributed by atoms with van der Waals surface area (Å²) in [6.07, 6.45) is -0.519. The van der Waals surface area contributed by atoms with Crippen LogP contribution in [0.3, 0.4) is 0 Å². The number of carbonyl (C=O) groups is 2. The Morgan fingerprint density at radius 3 is 2.05 bits per heavy atom. The Bertz CT molecular complexity index is 1070. The highest BCUT2D eigenvalue weighted by molar-refractivity contribution is 6.62. The van der Waals surface area contributed by atoms with Gasteiger partial charge in [0.25, 0.3) is 0 Å². The van der Waals surface area contributed by atoms with E-state index in [1.165, 1.54) is 0 Å². The molecule has 10 heteroatoms. The van der Waals surface area contributed by atoms with Crippen LogP contribution in [0.25, 0.3) is 0 Å². The van der Waals surface area contributed by atoms with Gasteiger partial charge in [-0.1, -0.05) is 43.7 Å². The van der Waals surface area contributed by atoms with Crippen molar-refractivity contribution >= 4 is 30.3 Å². The molecule has 1 atom stereocenters. The SMILES string of the molecule is CCCC(C(=O)OCC)N(C(=O)OCc1ccccc1)c1c(F)cc(B2OC(C)(C)C(C)(C)O2)cc1F. The van der Waals surface area contributed by atoms with Gasteiger partial charge in [0.2, 0.25) is 0 Å². The predicted molar refractivity (Wildman–Crippen MR) is 137 cm³/mol. The van der Waals surface area contributed by atoms with Crippen LogP contribution in [0.15, 0.2) is 42.5 Å². The lowest BCUT2D eigenvalue weighted by Gasteiger charge is -2.32. The second-order valence-electron chi connectivity index (χ2n) is 9.89. The maximum atomic E-state index is 15.6. The van der Waals surface area contributed by atoms with Gasteiger partial charge in [0.15, 0.2) is 0 Å². The molecule has 0 aliphatic carbocycles. The zero-order valence-corrected chi connectivity index (χ0v) is 22.2. The monoisotopic (exact) mass is 517 g/mol. The average Bonchev–Trinajstić information content (AvgIpc) is 3.06. The van der Waals surface area contributed by atoms with Gasteiger partial charge in [-0.2, -0.15) is 0 Å². The van der Waals surface area contributed by atoms with E-state index in [2.05, 4.69) is 0 Å². The highest BCUT2D eigenvalue weighted by atomic mass is 19.1. The fraction of sp³-hybridized carbons (Fsp3) is 0.481. The first-order chi connectivity index (χ1) is 17.4. The summed E-state index contributed by atoms with van der Waals surface area (Å²) in [5.41, 5.74) is -1.35. The quantitative estimate of drug-likeness (QED) is 0.339. The lowest BCUT2D eigenvalue weighted by molar-refractivity contribution is -0.144. The molecule has 2 aromatic carbocycles. The van der Waals surface area contributed by atoms with E-state index < -0.39 is 53.7 Å². The molecule has 37 heavy (non-hydrogen) atoms. The molecular weight excluding hydrogens is 483 g/mol. The van der Waals surface area contributed by atoms with Gasteiger partial charge in [-0.25, -0.2) is 18.4 Å². The third-order valence-electron chi connectivity index (χ3n) is 6.64. The van der Waals surface area contributed by atoms with E-state index in [1.54, 1.807) is 38.1 Å². The lowest BCUT2D eigenvalue weighted by atomic mass is 9.79. The van der Waals surface area contributed by atoms with Crippen LogP contribution in [0, 0.1) is 11.6 Å². The Morgan fingerprint density at radius 2 is 1.54 bits per heavy atom. The molecule has 0 saturated carbocycles. The van der Waals surface area contributed by atoms with Crippen LogP contribution in [0.1, 0.15) is 59.9 Å². The molecule has 1 unspecified atom stereocenters. The highest BCUT2D eigenvalue weighted by Crippen LogP contribution is 2.37. The first-order valence-electron chi connectivity index (χ1n) is 12.4. The van der Waals surface area contributed by atoms with Gasteiger partial charge in [0, 0.05) is 0 Å². The Hall–Kier alpha value is -2.98. The Balaban J connectivity index is 2.00. The minimum absolute atomic E-state index is 0.0395. The zero-order valence-electron chi connectivity index (χ0n) is 22.2. The van der Waals surface area contributed by atoms with E-state index in [-0.39, 0.29) is 25.1 Å². The van der Waals surface area contributed by atoms with Crippen molar-refractivity contribution in [2.24, 2.45) is 0 Å². The molecule has 0 N–H and O–H groups in total. The molecule has 1 amide bonds. The number of anilines is 1. The summed E-state index contributed by atoms with van der Waals surface area (Å²) >= 11 is 0. The van der Waals surface area contributed by atoms with E-state index in [0.29, 0.717) is 16.9 Å². The second-order valence-corrected chi connectivity index (χ2v) is 9.89. The van der Waals surface area contributed by atoms with Crippen molar-refractivity contribution < 1.29 is 37.2 Å². The number of carbonyl (C=O) groups excluding carboxylic acids is 2. The van der Waals surface area contributed by atoms with Gasteiger partial charge in [-0.15, -0.1) is 0 Å². The van der Waals surface area contributed by atoms with Crippen LogP contribution >= 0.6 is 0 Å². The van der Waals surface area contributed by atoms with Crippen molar-refractivity contribution in [3.63, 3.8) is 0 Å². The van der Waals surface area contributed by atoms with Gasteiger partial charge < -0.3 is 18.8 Å². The first-order valence-corrected chi connectivity index (χ1v) is 12.4. The maximum Gasteiger partial charge on any atom is 0.495 e. The third-order valence-corrected chi connectivity index (χ3v) is 6.64. The van der Waals surface area contributed by atoms with Crippen molar-refractivity contribution in [2.75, 3.05) is 11.5 Å². The molecule has 1 saturated heterocycles. The van der Waals surface area contributed by atoms with Gasteiger partial charge in [-0.05, 0) is 64.2 Å². The number of benzene rings is 2. The van der Waals surface area contributed by atoms with E-state index >= 15 is 8.78 Å². The molecule has 1 aliphatic heterocycles. The molecule has 7 nitrogen and oxygen atoms in total. The van der Waals surface area contributed by atoms with Crippen molar-refractivity contribution in [2.45, 2.75) is 78.2 Å². The fourth-order valence-electron chi connectivity index (χ4n) is 3.96. The summed E-state index contributed by atoms with van der Waals surface area (Å²) in [6.45, 7) is 10.6. The van der Waals surface area contributed by atoms with Crippen LogP contribution in [0.5, 0.6) is 0 Å². The van der Waals surface area contributed by atoms with E-state index in [0.717, 1.165) is 12.1 Å². The molecule has 3 rings (SSSR count). The zero-order chi connectivity index (χ0) is 27.4. The fourth-order valence-corrected chi connectivity index (χ4v) is 3.96. The lowest BCUT2D eigenvalue weighted by Crippen LogP contribution is -2.47. The average molecular weight is 517 g/mol. The van der Waals surface area contributed by atoms with Gasteiger partial charge in [0.1, 0.15) is 30.0 Å². The number of rotatable bonds is 9. The highest BCUT2D eigenvalue weighted by Gasteiger charge is 2.52.